The van der Waals surface area contributed by atoms with Gasteiger partial charge in [0.1, 0.15) is 23.9 Å². The van der Waals surface area contributed by atoms with E-state index < -0.39 is 23.0 Å². The minimum absolute atomic E-state index is 0.0434. The predicted molar refractivity (Wildman–Crippen MR) is 127 cm³/mol. The van der Waals surface area contributed by atoms with Crippen LogP contribution in [0.5, 0.6) is 0 Å². The summed E-state index contributed by atoms with van der Waals surface area (Å²) in [6.07, 6.45) is 2.29. The lowest BCUT2D eigenvalue weighted by Crippen LogP contribution is -2.39. The normalized spacial score (nSPS) is 13.7. The first-order chi connectivity index (χ1) is 17.2. The fourth-order valence-corrected chi connectivity index (χ4v) is 4.22. The number of aliphatic carboxylic acids is 1. The maximum absolute atomic E-state index is 14.4. The number of ether oxygens (including phenoxy) is 2. The first-order valence-corrected chi connectivity index (χ1v) is 11.7. The van der Waals surface area contributed by atoms with Crippen molar-refractivity contribution in [3.63, 3.8) is 0 Å². The fourth-order valence-electron chi connectivity index (χ4n) is 4.22. The Morgan fingerprint density at radius 2 is 1.94 bits per heavy atom. The third-order valence-corrected chi connectivity index (χ3v) is 6.35. The molecule has 1 amide bonds. The van der Waals surface area contributed by atoms with E-state index in [1.54, 1.807) is 24.9 Å². The Hall–Kier alpha value is -3.37. The van der Waals surface area contributed by atoms with E-state index in [2.05, 4.69) is 4.98 Å². The average molecular weight is 502 g/mol. The lowest BCUT2D eigenvalue weighted by Gasteiger charge is -2.28. The van der Waals surface area contributed by atoms with Gasteiger partial charge in [0.2, 0.25) is 5.91 Å². The molecule has 0 bridgehead atoms. The minimum Gasteiger partial charge on any atom is -0.481 e. The molecule has 0 atom stereocenters. The van der Waals surface area contributed by atoms with Gasteiger partial charge in [-0.3, -0.25) is 9.59 Å². The molecule has 3 aromatic rings. The summed E-state index contributed by atoms with van der Waals surface area (Å²) in [4.78, 5) is 30.1. The quantitative estimate of drug-likeness (QED) is 0.428. The molecular formula is C26H29F2N3O5. The van der Waals surface area contributed by atoms with Crippen molar-refractivity contribution in [1.82, 2.24) is 14.5 Å². The first kappa shape index (κ1) is 25.7. The fraction of sp³-hybridized carbons (Fsp3) is 0.423. The van der Waals surface area contributed by atoms with Crippen LogP contribution in [0.3, 0.4) is 0 Å². The zero-order valence-corrected chi connectivity index (χ0v) is 20.3. The van der Waals surface area contributed by atoms with E-state index >= 15 is 0 Å². The molecule has 1 aromatic carbocycles. The number of aromatic nitrogens is 2. The van der Waals surface area contributed by atoms with Gasteiger partial charge >= 0.3 is 5.97 Å². The number of fused-ring (bicyclic) bond motifs is 3. The number of benzene rings is 1. The molecular weight excluding hydrogens is 472 g/mol. The first-order valence-electron chi connectivity index (χ1n) is 11.7. The number of pyridine rings is 1. The molecule has 36 heavy (non-hydrogen) atoms. The zero-order chi connectivity index (χ0) is 25.9. The van der Waals surface area contributed by atoms with Crippen LogP contribution in [0.1, 0.15) is 30.7 Å². The summed E-state index contributed by atoms with van der Waals surface area (Å²) in [5, 5.41) is 10.1. The number of carboxylic acids is 1. The van der Waals surface area contributed by atoms with E-state index in [1.807, 2.05) is 16.7 Å². The molecule has 2 aromatic heterocycles. The smallest absolute Gasteiger partial charge is 0.311 e. The van der Waals surface area contributed by atoms with Gasteiger partial charge in [0, 0.05) is 35.5 Å². The summed E-state index contributed by atoms with van der Waals surface area (Å²) in [6.45, 7) is 4.39. The van der Waals surface area contributed by atoms with Crippen molar-refractivity contribution in [2.24, 2.45) is 5.41 Å². The highest BCUT2D eigenvalue weighted by atomic mass is 19.1. The summed E-state index contributed by atoms with van der Waals surface area (Å²) in [5.74, 6) is -2.41. The molecule has 1 aliphatic heterocycles. The predicted octanol–water partition coefficient (Wildman–Crippen LogP) is 3.39. The van der Waals surface area contributed by atoms with Gasteiger partial charge < -0.3 is 24.0 Å². The Morgan fingerprint density at radius 3 is 2.69 bits per heavy atom. The zero-order valence-electron chi connectivity index (χ0n) is 20.3. The lowest BCUT2D eigenvalue weighted by molar-refractivity contribution is -0.150. The van der Waals surface area contributed by atoms with Crippen LogP contribution in [-0.2, 0) is 38.6 Å². The second kappa shape index (κ2) is 10.7. The van der Waals surface area contributed by atoms with Crippen molar-refractivity contribution in [3.05, 3.63) is 65.0 Å². The minimum atomic E-state index is -0.995. The summed E-state index contributed by atoms with van der Waals surface area (Å²) in [6, 6.07) is 7.32. The van der Waals surface area contributed by atoms with E-state index in [4.69, 9.17) is 14.6 Å². The summed E-state index contributed by atoms with van der Waals surface area (Å²) in [7, 11) is 0. The molecule has 1 N–H and O–H groups in total. The molecule has 192 valence electrons. The standard InChI is InChI=1S/C26H29F2N3O5/c1-26(2,25(33)34)16-36-11-10-35-15-23(32)30-9-7-19-20-4-3-8-29-24(20)31(22(19)14-30)13-17-5-6-18(27)12-21(17)28/h3-6,8,12H,7,9-11,13-16H2,1-2H3,(H,33,34). The molecule has 0 saturated heterocycles. The van der Waals surface area contributed by atoms with Crippen LogP contribution < -0.4 is 0 Å². The Labute approximate surface area is 207 Å². The summed E-state index contributed by atoms with van der Waals surface area (Å²) in [5.41, 5.74) is 1.97. The Bertz CT molecular complexity index is 1270. The van der Waals surface area contributed by atoms with Crippen LogP contribution in [0.2, 0.25) is 0 Å². The third-order valence-electron chi connectivity index (χ3n) is 6.35. The lowest BCUT2D eigenvalue weighted by atomic mass is 9.95. The largest absolute Gasteiger partial charge is 0.481 e. The number of nitrogens with zero attached hydrogens (tertiary/aromatic N) is 3. The van der Waals surface area contributed by atoms with Gasteiger partial charge in [0.25, 0.3) is 0 Å². The maximum atomic E-state index is 14.4. The molecule has 4 rings (SSSR count). The second-order valence-corrected chi connectivity index (χ2v) is 9.48. The summed E-state index contributed by atoms with van der Waals surface area (Å²) >= 11 is 0. The number of halogens is 2. The van der Waals surface area contributed by atoms with Crippen molar-refractivity contribution in [2.75, 3.05) is 33.0 Å². The molecule has 0 radical (unpaired) electrons. The van der Waals surface area contributed by atoms with Gasteiger partial charge in [-0.2, -0.15) is 0 Å². The van der Waals surface area contributed by atoms with E-state index in [0.29, 0.717) is 30.7 Å². The Balaban J connectivity index is 1.41. The monoisotopic (exact) mass is 501 g/mol. The molecule has 0 spiro atoms. The highest BCUT2D eigenvalue weighted by Crippen LogP contribution is 2.31. The van der Waals surface area contributed by atoms with Gasteiger partial charge in [-0.15, -0.1) is 0 Å². The van der Waals surface area contributed by atoms with Crippen molar-refractivity contribution in [3.8, 4) is 0 Å². The van der Waals surface area contributed by atoms with Crippen molar-refractivity contribution in [2.45, 2.75) is 33.4 Å². The summed E-state index contributed by atoms with van der Waals surface area (Å²) < 4.78 is 40.5. The highest BCUT2D eigenvalue weighted by molar-refractivity contribution is 5.84. The van der Waals surface area contributed by atoms with E-state index in [0.717, 1.165) is 22.7 Å². The van der Waals surface area contributed by atoms with Gasteiger partial charge in [0.05, 0.1) is 38.3 Å². The van der Waals surface area contributed by atoms with Crippen molar-refractivity contribution >= 4 is 22.9 Å². The SMILES string of the molecule is CC(C)(COCCOCC(=O)N1CCc2c(n(Cc3ccc(F)cc3F)c3ncccc23)C1)C(=O)O. The molecule has 0 unspecified atom stereocenters. The molecule has 1 aliphatic rings. The molecule has 10 heteroatoms. The topological polar surface area (TPSA) is 93.9 Å². The van der Waals surface area contributed by atoms with Gasteiger partial charge in [0.15, 0.2) is 0 Å². The van der Waals surface area contributed by atoms with Crippen LogP contribution in [-0.4, -0.2) is 64.4 Å². The molecule has 0 saturated carbocycles. The second-order valence-electron chi connectivity index (χ2n) is 9.48. The Morgan fingerprint density at radius 1 is 1.17 bits per heavy atom. The molecule has 0 fully saturated rings. The number of hydrogen-bond acceptors (Lipinski definition) is 5. The number of carbonyl (C=O) groups is 2. The molecule has 0 aliphatic carbocycles. The van der Waals surface area contributed by atoms with Gasteiger partial charge in [-0.1, -0.05) is 6.07 Å². The van der Waals surface area contributed by atoms with Crippen LogP contribution in [0, 0.1) is 17.0 Å². The number of rotatable bonds is 10. The van der Waals surface area contributed by atoms with Crippen LogP contribution in [0.4, 0.5) is 8.78 Å². The average Bonchev–Trinajstić information content (AvgIpc) is 3.15. The number of carbonyl (C=O) groups excluding carboxylic acids is 1. The highest BCUT2D eigenvalue weighted by Gasteiger charge is 2.28. The van der Waals surface area contributed by atoms with Crippen molar-refractivity contribution in [1.29, 1.82) is 0 Å². The van der Waals surface area contributed by atoms with Crippen LogP contribution in [0.25, 0.3) is 11.0 Å². The van der Waals surface area contributed by atoms with E-state index in [9.17, 15) is 18.4 Å². The number of hydrogen-bond donors (Lipinski definition) is 1. The van der Waals surface area contributed by atoms with Crippen LogP contribution in [0.15, 0.2) is 36.5 Å². The van der Waals surface area contributed by atoms with Gasteiger partial charge in [-0.05, 0) is 44.0 Å². The number of amides is 1. The van der Waals surface area contributed by atoms with Crippen LogP contribution >= 0.6 is 0 Å². The van der Waals surface area contributed by atoms with Gasteiger partial charge in [-0.25, -0.2) is 13.8 Å². The Kier molecular flexibility index (Phi) is 7.65. The van der Waals surface area contributed by atoms with Crippen molar-refractivity contribution < 1.29 is 33.0 Å². The number of carboxylic acid groups (broad SMARTS) is 1. The molecule has 8 nitrogen and oxygen atoms in total. The van der Waals surface area contributed by atoms with E-state index in [1.165, 1.54) is 12.1 Å². The van der Waals surface area contributed by atoms with E-state index in [-0.39, 0.29) is 38.9 Å². The molecule has 3 heterocycles. The maximum Gasteiger partial charge on any atom is 0.311 e. The third kappa shape index (κ3) is 5.55.